The Labute approximate surface area is 91.9 Å². The van der Waals surface area contributed by atoms with Crippen LogP contribution in [0.15, 0.2) is 11.6 Å². The van der Waals surface area contributed by atoms with Crippen LogP contribution >= 0.6 is 0 Å². The van der Waals surface area contributed by atoms with Crippen LogP contribution in [-0.2, 0) is 4.79 Å². The van der Waals surface area contributed by atoms with E-state index in [4.69, 9.17) is 0 Å². The number of fused-ring (bicyclic) bond motifs is 2. The largest absolute Gasteiger partial charge is 0.295 e. The fraction of sp³-hybridized carbons (Fsp3) is 0.786. The molecule has 0 aromatic carbocycles. The van der Waals surface area contributed by atoms with Crippen molar-refractivity contribution in [3.8, 4) is 0 Å². The molecule has 82 valence electrons. The van der Waals surface area contributed by atoms with Crippen LogP contribution in [0.4, 0.5) is 0 Å². The third-order valence-electron chi connectivity index (χ3n) is 5.43. The summed E-state index contributed by atoms with van der Waals surface area (Å²) < 4.78 is 0. The molecule has 1 heteroatoms. The average Bonchev–Trinajstić information content (AvgIpc) is 2.66. The van der Waals surface area contributed by atoms with Gasteiger partial charge in [0, 0.05) is 6.42 Å². The van der Waals surface area contributed by atoms with Crippen molar-refractivity contribution in [3.05, 3.63) is 11.6 Å². The van der Waals surface area contributed by atoms with Crippen LogP contribution in [-0.4, -0.2) is 5.78 Å². The van der Waals surface area contributed by atoms with Crippen molar-refractivity contribution >= 4 is 5.78 Å². The maximum atomic E-state index is 11.5. The Morgan fingerprint density at radius 1 is 1.27 bits per heavy atom. The highest BCUT2D eigenvalue weighted by Crippen LogP contribution is 2.70. The number of hydrogen-bond donors (Lipinski definition) is 0. The van der Waals surface area contributed by atoms with Gasteiger partial charge < -0.3 is 0 Å². The normalized spacial score (nSPS) is 46.6. The van der Waals surface area contributed by atoms with E-state index in [1.165, 1.54) is 18.4 Å². The van der Waals surface area contributed by atoms with E-state index in [0.29, 0.717) is 16.6 Å². The summed E-state index contributed by atoms with van der Waals surface area (Å²) in [5.74, 6) is 2.15. The molecule has 0 spiro atoms. The van der Waals surface area contributed by atoms with Crippen molar-refractivity contribution in [2.45, 2.75) is 46.5 Å². The maximum Gasteiger partial charge on any atom is 0.155 e. The lowest BCUT2D eigenvalue weighted by atomic mass is 9.66. The van der Waals surface area contributed by atoms with Crippen molar-refractivity contribution in [2.75, 3.05) is 0 Å². The first kappa shape index (κ1) is 9.62. The number of hydrogen-bond acceptors (Lipinski definition) is 1. The summed E-state index contributed by atoms with van der Waals surface area (Å²) in [4.78, 5) is 11.5. The third-order valence-corrected chi connectivity index (χ3v) is 5.43. The molecule has 0 amide bonds. The van der Waals surface area contributed by atoms with Gasteiger partial charge in [-0.15, -0.1) is 0 Å². The molecule has 3 unspecified atom stereocenters. The molecule has 2 fully saturated rings. The minimum absolute atomic E-state index is 0.361. The number of allylic oxidation sites excluding steroid dienone is 2. The molecule has 0 N–H and O–H groups in total. The van der Waals surface area contributed by atoms with E-state index in [1.807, 2.05) is 6.08 Å². The molecule has 3 aliphatic carbocycles. The highest BCUT2D eigenvalue weighted by atomic mass is 16.1. The first-order chi connectivity index (χ1) is 6.93. The lowest BCUT2D eigenvalue weighted by molar-refractivity contribution is -0.115. The molecular weight excluding hydrogens is 184 g/mol. The predicted molar refractivity (Wildman–Crippen MR) is 60.4 cm³/mol. The van der Waals surface area contributed by atoms with Crippen molar-refractivity contribution < 1.29 is 4.79 Å². The highest BCUT2D eigenvalue weighted by Gasteiger charge is 2.62. The Balaban J connectivity index is 1.94. The van der Waals surface area contributed by atoms with Gasteiger partial charge in [0.05, 0.1) is 0 Å². The summed E-state index contributed by atoms with van der Waals surface area (Å²) in [7, 11) is 0. The monoisotopic (exact) mass is 204 g/mol. The Morgan fingerprint density at radius 3 is 2.73 bits per heavy atom. The topological polar surface area (TPSA) is 17.1 Å². The van der Waals surface area contributed by atoms with Crippen LogP contribution in [0.2, 0.25) is 0 Å². The van der Waals surface area contributed by atoms with Crippen LogP contribution in [0.5, 0.6) is 0 Å². The molecule has 2 saturated carbocycles. The second kappa shape index (κ2) is 2.56. The van der Waals surface area contributed by atoms with Crippen molar-refractivity contribution in [3.63, 3.8) is 0 Å². The summed E-state index contributed by atoms with van der Waals surface area (Å²) >= 11 is 0. The van der Waals surface area contributed by atoms with Gasteiger partial charge >= 0.3 is 0 Å². The Kier molecular flexibility index (Phi) is 1.64. The molecule has 1 nitrogen and oxygen atoms in total. The molecule has 0 aromatic rings. The van der Waals surface area contributed by atoms with Crippen LogP contribution in [0.3, 0.4) is 0 Å². The van der Waals surface area contributed by atoms with Gasteiger partial charge in [0.1, 0.15) is 0 Å². The zero-order valence-corrected chi connectivity index (χ0v) is 9.97. The van der Waals surface area contributed by atoms with E-state index >= 15 is 0 Å². The Morgan fingerprint density at radius 2 is 2.00 bits per heavy atom. The first-order valence-corrected chi connectivity index (χ1v) is 6.17. The molecule has 0 heterocycles. The van der Waals surface area contributed by atoms with Crippen molar-refractivity contribution in [2.24, 2.45) is 22.7 Å². The van der Waals surface area contributed by atoms with Gasteiger partial charge in [-0.1, -0.05) is 26.3 Å². The lowest BCUT2D eigenvalue weighted by Crippen LogP contribution is -2.29. The number of ketones is 1. The van der Waals surface area contributed by atoms with Gasteiger partial charge in [-0.3, -0.25) is 4.79 Å². The molecular formula is C14H20O. The molecule has 0 saturated heterocycles. The quantitative estimate of drug-likeness (QED) is 0.591. The summed E-state index contributed by atoms with van der Waals surface area (Å²) in [5, 5.41) is 0. The second-order valence-corrected chi connectivity index (χ2v) is 6.64. The van der Waals surface area contributed by atoms with Gasteiger partial charge in [-0.2, -0.15) is 0 Å². The van der Waals surface area contributed by atoms with Crippen LogP contribution in [0.25, 0.3) is 0 Å². The number of carbonyl (C=O) groups excluding carboxylic acids is 1. The fourth-order valence-corrected chi connectivity index (χ4v) is 3.93. The van der Waals surface area contributed by atoms with Crippen molar-refractivity contribution in [1.82, 2.24) is 0 Å². The van der Waals surface area contributed by atoms with Gasteiger partial charge in [0.15, 0.2) is 5.78 Å². The fourth-order valence-electron chi connectivity index (χ4n) is 3.93. The average molecular weight is 204 g/mol. The zero-order valence-electron chi connectivity index (χ0n) is 9.97. The smallest absolute Gasteiger partial charge is 0.155 e. The zero-order chi connectivity index (χ0) is 10.8. The summed E-state index contributed by atoms with van der Waals surface area (Å²) in [6.45, 7) is 7.16. The van der Waals surface area contributed by atoms with Crippen LogP contribution < -0.4 is 0 Å². The van der Waals surface area contributed by atoms with E-state index in [1.54, 1.807) is 0 Å². The molecule has 0 radical (unpaired) electrons. The van der Waals surface area contributed by atoms with E-state index < -0.39 is 0 Å². The van der Waals surface area contributed by atoms with Gasteiger partial charge in [0.2, 0.25) is 0 Å². The Hall–Kier alpha value is -0.590. The number of carbonyl (C=O) groups is 1. The standard InChI is InChI=1S/C14H20O/c1-13(2)11-7-9-6-10(15)4-5-14(9,3)8-12(11)13/h6,11-12H,4-5,7-8H2,1-3H3. The minimum Gasteiger partial charge on any atom is -0.295 e. The van der Waals surface area contributed by atoms with Gasteiger partial charge in [-0.05, 0) is 48.0 Å². The summed E-state index contributed by atoms with van der Waals surface area (Å²) in [6.07, 6.45) is 6.35. The SMILES string of the molecule is CC12CCC(=O)C=C1CC1C(C2)C1(C)C. The minimum atomic E-state index is 0.361. The Bertz CT molecular complexity index is 364. The maximum absolute atomic E-state index is 11.5. The van der Waals surface area contributed by atoms with Crippen LogP contribution in [0, 0.1) is 22.7 Å². The molecule has 0 aliphatic heterocycles. The molecule has 0 bridgehead atoms. The second-order valence-electron chi connectivity index (χ2n) is 6.64. The molecule has 3 atom stereocenters. The molecule has 15 heavy (non-hydrogen) atoms. The van der Waals surface area contributed by atoms with E-state index in [-0.39, 0.29) is 0 Å². The molecule has 3 aliphatic rings. The molecule has 3 rings (SSSR count). The summed E-state index contributed by atoms with van der Waals surface area (Å²) in [6, 6.07) is 0. The van der Waals surface area contributed by atoms with Crippen molar-refractivity contribution in [1.29, 1.82) is 0 Å². The molecule has 0 aromatic heterocycles. The number of rotatable bonds is 0. The highest BCUT2D eigenvalue weighted by molar-refractivity contribution is 5.91. The van der Waals surface area contributed by atoms with Gasteiger partial charge in [0.25, 0.3) is 0 Å². The third kappa shape index (κ3) is 1.18. The predicted octanol–water partition coefficient (Wildman–Crippen LogP) is 3.35. The van der Waals surface area contributed by atoms with E-state index in [2.05, 4.69) is 20.8 Å². The first-order valence-electron chi connectivity index (χ1n) is 6.17. The lowest BCUT2D eigenvalue weighted by Gasteiger charge is -2.38. The van der Waals surface area contributed by atoms with E-state index in [9.17, 15) is 4.79 Å². The van der Waals surface area contributed by atoms with Crippen LogP contribution in [0.1, 0.15) is 46.5 Å². The van der Waals surface area contributed by atoms with Gasteiger partial charge in [-0.25, -0.2) is 0 Å². The van der Waals surface area contributed by atoms with E-state index in [0.717, 1.165) is 24.7 Å². The summed E-state index contributed by atoms with van der Waals surface area (Å²) in [5.41, 5.74) is 2.37.